The third kappa shape index (κ3) is 68.0. The highest BCUT2D eigenvalue weighted by molar-refractivity contribution is 7.48. The molecule has 0 aliphatic rings. The normalized spacial score (nSPS) is 10.8. The molecule has 0 N–H and O–H groups in total. The Morgan fingerprint density at radius 1 is 0.200 bits per heavy atom. The fraction of sp³-hybridized carbons (Fsp3) is 0.840. The summed E-state index contributed by atoms with van der Waals surface area (Å²) >= 11 is 0. The Morgan fingerprint density at radius 2 is 0.338 bits per heavy atom. The molecule has 0 saturated carbocycles. The number of unbranched alkanes of at least 4 members (excludes halogenated alkanes) is 51. The molecule has 0 aromatic heterocycles. The Hall–Kier alpha value is -2.53. The minimum absolute atomic E-state index is 0.416. The summed E-state index contributed by atoms with van der Waals surface area (Å²) in [6.45, 7) is 8.10. The first-order valence-corrected chi connectivity index (χ1v) is 36.5. The summed E-state index contributed by atoms with van der Waals surface area (Å²) in [7, 11) is -3.58. The molecule has 0 saturated heterocycles. The van der Waals surface area contributed by atoms with Gasteiger partial charge < -0.3 is 0 Å². The highest BCUT2D eigenvalue weighted by Gasteiger charge is 2.26. The van der Waals surface area contributed by atoms with Crippen molar-refractivity contribution in [2.24, 2.45) is 0 Å². The van der Waals surface area contributed by atoms with E-state index in [-0.39, 0.29) is 0 Å². The Bertz CT molecular complexity index is 1510. The van der Waals surface area contributed by atoms with Crippen molar-refractivity contribution in [1.29, 1.82) is 0 Å². The Kier molecular flexibility index (Phi) is 68.5. The van der Waals surface area contributed by atoms with Crippen LogP contribution in [0.25, 0.3) is 0 Å². The van der Waals surface area contributed by atoms with E-state index in [1.807, 2.05) is 0 Å². The van der Waals surface area contributed by atoms with Gasteiger partial charge in [-0.25, -0.2) is 4.57 Å². The molecule has 0 unspecified atom stereocenters. The summed E-state index contributed by atoms with van der Waals surface area (Å²) < 4.78 is 31.5. The molecule has 0 rings (SSSR count). The summed E-state index contributed by atoms with van der Waals surface area (Å²) in [6.07, 6.45) is 70.3. The number of phosphoric ester groups is 1. The van der Waals surface area contributed by atoms with E-state index in [2.05, 4.69) is 91.8 Å². The smallest absolute Gasteiger partial charge is 0.287 e. The van der Waals surface area contributed by atoms with Crippen LogP contribution in [0.2, 0.25) is 0 Å². The molecule has 5 heteroatoms. The van der Waals surface area contributed by atoms with Gasteiger partial charge in [-0.1, -0.05) is 326 Å². The van der Waals surface area contributed by atoms with Gasteiger partial charge in [-0.2, -0.15) is 0 Å². The lowest BCUT2D eigenvalue weighted by Gasteiger charge is -2.18. The molecule has 0 bridgehead atoms. The van der Waals surface area contributed by atoms with Crippen molar-refractivity contribution < 1.29 is 18.1 Å². The quantitative estimate of drug-likeness (QED) is 0.0346. The van der Waals surface area contributed by atoms with E-state index in [1.165, 1.54) is 250 Å². The second kappa shape index (κ2) is 70.7. The summed E-state index contributed by atoms with van der Waals surface area (Å²) in [6, 6.07) is 0. The van der Waals surface area contributed by atoms with Crippen LogP contribution in [0.5, 0.6) is 0 Å². The second-order valence-corrected chi connectivity index (χ2v) is 24.9. The molecule has 0 spiro atoms. The lowest BCUT2D eigenvalue weighted by molar-refractivity contribution is 0.108. The molecule has 4 nitrogen and oxygen atoms in total. The van der Waals surface area contributed by atoms with Crippen molar-refractivity contribution in [2.45, 2.75) is 387 Å². The van der Waals surface area contributed by atoms with Crippen LogP contribution in [-0.2, 0) is 18.1 Å². The maximum absolute atomic E-state index is 13.8. The van der Waals surface area contributed by atoms with Gasteiger partial charge in [-0.3, -0.25) is 13.6 Å². The van der Waals surface area contributed by atoms with Gasteiger partial charge in [0.25, 0.3) is 0 Å². The maximum atomic E-state index is 13.8. The molecular weight excluding hydrogens is 996 g/mol. The molecule has 0 aliphatic carbocycles. The second-order valence-electron chi connectivity index (χ2n) is 23.2. The first kappa shape index (κ1) is 77.5. The van der Waals surface area contributed by atoms with Crippen LogP contribution in [0.3, 0.4) is 0 Å². The third-order valence-corrected chi connectivity index (χ3v) is 16.8. The molecule has 0 aliphatic heterocycles. The molecule has 80 heavy (non-hydrogen) atoms. The number of phosphoric acid groups is 1. The summed E-state index contributed by atoms with van der Waals surface area (Å²) in [5, 5.41) is 0. The lowest BCUT2D eigenvalue weighted by atomic mass is 10.1. The van der Waals surface area contributed by atoms with Crippen LogP contribution in [0.1, 0.15) is 387 Å². The zero-order valence-electron chi connectivity index (χ0n) is 53.5. The zero-order valence-corrected chi connectivity index (χ0v) is 54.4. The van der Waals surface area contributed by atoms with E-state index < -0.39 is 7.82 Å². The van der Waals surface area contributed by atoms with Gasteiger partial charge in [-0.15, -0.1) is 0 Å². The predicted octanol–water partition coefficient (Wildman–Crippen LogP) is 24.5. The Morgan fingerprint density at radius 3 is 0.500 bits per heavy atom. The van der Waals surface area contributed by atoms with E-state index >= 15 is 0 Å². The lowest BCUT2D eigenvalue weighted by Crippen LogP contribution is -2.04. The molecule has 0 radical (unpaired) electrons. The first-order chi connectivity index (χ1) is 39.7. The van der Waals surface area contributed by atoms with Gasteiger partial charge in [0.1, 0.15) is 0 Å². The minimum Gasteiger partial charge on any atom is -0.287 e. The highest BCUT2D eigenvalue weighted by atomic mass is 31.2. The summed E-state index contributed by atoms with van der Waals surface area (Å²) in [5.74, 6) is 37.9. The van der Waals surface area contributed by atoms with Gasteiger partial charge in [-0.05, 0) is 93.3 Å². The molecule has 0 fully saturated rings. The van der Waals surface area contributed by atoms with Crippen molar-refractivity contribution in [3.8, 4) is 71.0 Å². The molecule has 0 aromatic rings. The van der Waals surface area contributed by atoms with Crippen LogP contribution < -0.4 is 0 Å². The van der Waals surface area contributed by atoms with Gasteiger partial charge in [0, 0.05) is 38.5 Å². The van der Waals surface area contributed by atoms with Crippen LogP contribution in [-0.4, -0.2) is 19.8 Å². The molecule has 0 heterocycles. The zero-order chi connectivity index (χ0) is 57.5. The van der Waals surface area contributed by atoms with Crippen molar-refractivity contribution in [3.05, 3.63) is 0 Å². The predicted molar refractivity (Wildman–Crippen MR) is 352 cm³/mol. The third-order valence-electron chi connectivity index (χ3n) is 15.3. The fourth-order valence-corrected chi connectivity index (χ4v) is 11.3. The van der Waals surface area contributed by atoms with Crippen LogP contribution in [0.4, 0.5) is 0 Å². The van der Waals surface area contributed by atoms with Gasteiger partial charge >= 0.3 is 7.82 Å². The first-order valence-electron chi connectivity index (χ1n) is 35.1. The largest absolute Gasteiger partial charge is 0.474 e. The Labute approximate surface area is 501 Å². The number of hydrogen-bond acceptors (Lipinski definition) is 4. The molecule has 0 atom stereocenters. The van der Waals surface area contributed by atoms with Crippen LogP contribution >= 0.6 is 7.82 Å². The van der Waals surface area contributed by atoms with E-state index in [4.69, 9.17) is 13.6 Å². The van der Waals surface area contributed by atoms with Gasteiger partial charge in [0.05, 0.1) is 19.8 Å². The number of rotatable bonds is 60. The summed E-state index contributed by atoms with van der Waals surface area (Å²) in [4.78, 5) is 0. The molecule has 0 aromatic carbocycles. The molecule has 0 amide bonds. The minimum atomic E-state index is -3.58. The highest BCUT2D eigenvalue weighted by Crippen LogP contribution is 2.50. The van der Waals surface area contributed by atoms with E-state index in [9.17, 15) is 4.57 Å². The van der Waals surface area contributed by atoms with Crippen LogP contribution in [0.15, 0.2) is 0 Å². The maximum Gasteiger partial charge on any atom is 0.474 e. The van der Waals surface area contributed by atoms with Crippen molar-refractivity contribution >= 4 is 7.82 Å². The molecular formula is C75H129O4P. The number of hydrogen-bond donors (Lipinski definition) is 0. The molecule has 458 valence electrons. The SMILES string of the molecule is CCCCCCCCCCCCC#CC#CCCCCCCCCCOP(=O)(OCCCCCCCCCC#CC#CCCCCCCCCCCCC)OCCCCCCCCCC#CC#CCCCCCCCCCCCC. The fourth-order valence-electron chi connectivity index (χ4n) is 9.98. The van der Waals surface area contributed by atoms with Gasteiger partial charge in [0.15, 0.2) is 0 Å². The monoisotopic (exact) mass is 1120 g/mol. The van der Waals surface area contributed by atoms with E-state index in [1.54, 1.807) is 0 Å². The van der Waals surface area contributed by atoms with Gasteiger partial charge in [0.2, 0.25) is 0 Å². The van der Waals surface area contributed by atoms with E-state index in [0.717, 1.165) is 116 Å². The average Bonchev–Trinajstić information content (AvgIpc) is 3.46. The summed E-state index contributed by atoms with van der Waals surface area (Å²) in [5.41, 5.74) is 0. The van der Waals surface area contributed by atoms with Crippen LogP contribution in [0, 0.1) is 71.0 Å². The standard InChI is InChI=1S/C75H129O4P/c1-4-7-10-13-16-19-22-25-28-31-34-37-40-43-46-49-52-55-58-61-64-67-70-73-77-80(76,78-74-71-68-65-62-59-56-53-50-47-44-41-38-35-32-29-26-23-20-17-14-11-8-5-2)79-75-72-69-66-63-60-57-54-51-48-45-42-39-36-33-30-27-24-21-18-15-12-9-6-3/h4-36,49-75H2,1-3H3. The average molecular weight is 1130 g/mol. The topological polar surface area (TPSA) is 44.8 Å². The van der Waals surface area contributed by atoms with E-state index in [0.29, 0.717) is 19.8 Å². The van der Waals surface area contributed by atoms with Crippen molar-refractivity contribution in [2.75, 3.05) is 19.8 Å². The Balaban J connectivity index is 4.32. The van der Waals surface area contributed by atoms with Crippen molar-refractivity contribution in [1.82, 2.24) is 0 Å². The van der Waals surface area contributed by atoms with Crippen molar-refractivity contribution in [3.63, 3.8) is 0 Å².